The van der Waals surface area contributed by atoms with Gasteiger partial charge in [0.1, 0.15) is 0 Å². The summed E-state index contributed by atoms with van der Waals surface area (Å²) < 4.78 is 3.77. The molecule has 5 nitrogen and oxygen atoms in total. The number of hydrogen-bond acceptors (Lipinski definition) is 3. The molecule has 0 fully saturated rings. The highest BCUT2D eigenvalue weighted by atomic mass is 15.2. The van der Waals surface area contributed by atoms with Gasteiger partial charge in [0, 0.05) is 28.9 Å². The van der Waals surface area contributed by atoms with Gasteiger partial charge >= 0.3 is 0 Å². The average Bonchev–Trinajstić information content (AvgIpc) is 3.06. The van der Waals surface area contributed by atoms with Crippen molar-refractivity contribution in [3.8, 4) is 11.1 Å². The molecular formula is C18H19N5. The maximum Gasteiger partial charge on any atom is 0.161 e. The molecule has 4 aromatic heterocycles. The van der Waals surface area contributed by atoms with Crippen LogP contribution in [0.4, 0.5) is 0 Å². The third kappa shape index (κ3) is 2.11. The monoisotopic (exact) mass is 305 g/mol. The van der Waals surface area contributed by atoms with Crippen LogP contribution in [0.2, 0.25) is 0 Å². The fraction of sp³-hybridized carbons (Fsp3) is 0.278. The molecule has 0 saturated heterocycles. The van der Waals surface area contributed by atoms with Gasteiger partial charge < -0.3 is 0 Å². The summed E-state index contributed by atoms with van der Waals surface area (Å²) >= 11 is 0. The molecule has 4 rings (SSSR count). The van der Waals surface area contributed by atoms with Gasteiger partial charge in [-0.2, -0.15) is 10.2 Å². The standard InChI is InChI=1S/C18H19N5/c1-12-16(14-7-5-6-10-22(14)21-12)13-8-9-19-23-11-15(18(2,3)4)20-17(13)23/h5-11H,1-4H3. The van der Waals surface area contributed by atoms with E-state index in [1.807, 2.05) is 52.7 Å². The second-order valence-electron chi connectivity index (χ2n) is 6.88. The number of rotatable bonds is 1. The minimum absolute atomic E-state index is 0.0128. The zero-order chi connectivity index (χ0) is 16.2. The van der Waals surface area contributed by atoms with Gasteiger partial charge in [-0.05, 0) is 25.1 Å². The third-order valence-electron chi connectivity index (χ3n) is 4.11. The Morgan fingerprint density at radius 3 is 2.65 bits per heavy atom. The van der Waals surface area contributed by atoms with E-state index in [4.69, 9.17) is 4.98 Å². The van der Waals surface area contributed by atoms with Gasteiger partial charge in [-0.1, -0.05) is 26.8 Å². The molecule has 23 heavy (non-hydrogen) atoms. The third-order valence-corrected chi connectivity index (χ3v) is 4.11. The molecule has 116 valence electrons. The smallest absolute Gasteiger partial charge is 0.161 e. The minimum atomic E-state index is -0.0128. The number of imidazole rings is 1. The van der Waals surface area contributed by atoms with Crippen LogP contribution in [-0.2, 0) is 5.41 Å². The Kier molecular flexibility index (Phi) is 2.82. The molecule has 0 radical (unpaired) electrons. The van der Waals surface area contributed by atoms with Crippen LogP contribution in [0.25, 0.3) is 22.3 Å². The molecular weight excluding hydrogens is 286 g/mol. The summed E-state index contributed by atoms with van der Waals surface area (Å²) in [6.07, 6.45) is 5.80. The Balaban J connectivity index is 2.05. The molecule has 4 aromatic rings. The Morgan fingerprint density at radius 2 is 1.87 bits per heavy atom. The van der Waals surface area contributed by atoms with Gasteiger partial charge in [0.15, 0.2) is 5.65 Å². The zero-order valence-corrected chi connectivity index (χ0v) is 13.8. The average molecular weight is 305 g/mol. The summed E-state index contributed by atoms with van der Waals surface area (Å²) in [5.41, 5.74) is 6.15. The van der Waals surface area contributed by atoms with Crippen molar-refractivity contribution >= 4 is 11.2 Å². The van der Waals surface area contributed by atoms with E-state index in [1.165, 1.54) is 0 Å². The molecule has 0 amide bonds. The highest BCUT2D eigenvalue weighted by Gasteiger charge is 2.21. The molecule has 0 unspecified atom stereocenters. The van der Waals surface area contributed by atoms with Crippen LogP contribution in [0.3, 0.4) is 0 Å². The van der Waals surface area contributed by atoms with Gasteiger partial charge in [0.25, 0.3) is 0 Å². The summed E-state index contributed by atoms with van der Waals surface area (Å²) in [6.45, 7) is 8.52. The maximum atomic E-state index is 4.85. The van der Waals surface area contributed by atoms with Crippen molar-refractivity contribution in [2.75, 3.05) is 0 Å². The molecule has 0 aromatic carbocycles. The second-order valence-corrected chi connectivity index (χ2v) is 6.88. The van der Waals surface area contributed by atoms with Crippen molar-refractivity contribution < 1.29 is 0 Å². The lowest BCUT2D eigenvalue weighted by Crippen LogP contribution is -2.11. The number of aryl methyl sites for hydroxylation is 1. The van der Waals surface area contributed by atoms with E-state index in [0.29, 0.717) is 0 Å². The minimum Gasteiger partial charge on any atom is -0.240 e. The normalized spacial score (nSPS) is 12.3. The predicted molar refractivity (Wildman–Crippen MR) is 90.6 cm³/mol. The van der Waals surface area contributed by atoms with Crippen molar-refractivity contribution in [2.24, 2.45) is 0 Å². The highest BCUT2D eigenvalue weighted by molar-refractivity contribution is 5.89. The van der Waals surface area contributed by atoms with Gasteiger partial charge in [-0.3, -0.25) is 0 Å². The Morgan fingerprint density at radius 1 is 1.04 bits per heavy atom. The van der Waals surface area contributed by atoms with E-state index >= 15 is 0 Å². The summed E-state index contributed by atoms with van der Waals surface area (Å²) in [7, 11) is 0. The first-order chi connectivity index (χ1) is 10.9. The van der Waals surface area contributed by atoms with Gasteiger partial charge in [-0.25, -0.2) is 14.0 Å². The van der Waals surface area contributed by atoms with Crippen LogP contribution in [0, 0.1) is 6.92 Å². The van der Waals surface area contributed by atoms with Crippen LogP contribution in [0.5, 0.6) is 0 Å². The number of fused-ring (bicyclic) bond motifs is 2. The largest absolute Gasteiger partial charge is 0.240 e. The lowest BCUT2D eigenvalue weighted by atomic mass is 9.93. The SMILES string of the molecule is Cc1nn2ccccc2c1-c1ccnn2cc(C(C)(C)C)nc12. The first-order valence-electron chi connectivity index (χ1n) is 7.74. The van der Waals surface area contributed by atoms with Crippen LogP contribution in [0.15, 0.2) is 42.9 Å². The van der Waals surface area contributed by atoms with Crippen LogP contribution >= 0.6 is 0 Å². The molecule has 0 saturated carbocycles. The van der Waals surface area contributed by atoms with Crippen LogP contribution < -0.4 is 0 Å². The van der Waals surface area contributed by atoms with Crippen molar-refractivity contribution in [3.05, 3.63) is 54.2 Å². The molecule has 0 aliphatic carbocycles. The quantitative estimate of drug-likeness (QED) is 0.539. The van der Waals surface area contributed by atoms with Crippen molar-refractivity contribution in [1.82, 2.24) is 24.2 Å². The maximum absolute atomic E-state index is 4.85. The van der Waals surface area contributed by atoms with Gasteiger partial charge in [-0.15, -0.1) is 0 Å². The van der Waals surface area contributed by atoms with E-state index in [2.05, 4.69) is 37.0 Å². The van der Waals surface area contributed by atoms with Gasteiger partial charge in [0.2, 0.25) is 0 Å². The Hall–Kier alpha value is -2.69. The number of hydrogen-bond donors (Lipinski definition) is 0. The summed E-state index contributed by atoms with van der Waals surface area (Å²) in [5, 5.41) is 9.03. The fourth-order valence-electron chi connectivity index (χ4n) is 2.90. The predicted octanol–water partition coefficient (Wildman–Crippen LogP) is 3.65. The fourth-order valence-corrected chi connectivity index (χ4v) is 2.90. The number of nitrogens with zero attached hydrogens (tertiary/aromatic N) is 5. The Bertz CT molecular complexity index is 1020. The van der Waals surface area contributed by atoms with E-state index < -0.39 is 0 Å². The lowest BCUT2D eigenvalue weighted by Gasteiger charge is -2.13. The first-order valence-corrected chi connectivity index (χ1v) is 7.74. The number of aromatic nitrogens is 5. The molecule has 5 heteroatoms. The molecule has 0 atom stereocenters. The van der Waals surface area contributed by atoms with Gasteiger partial charge in [0.05, 0.1) is 23.1 Å². The summed E-state index contributed by atoms with van der Waals surface area (Å²) in [4.78, 5) is 4.85. The molecule has 0 aliphatic heterocycles. The molecule has 0 N–H and O–H groups in total. The van der Waals surface area contributed by atoms with Crippen LogP contribution in [-0.4, -0.2) is 24.2 Å². The van der Waals surface area contributed by atoms with E-state index in [-0.39, 0.29) is 5.41 Å². The van der Waals surface area contributed by atoms with Crippen molar-refractivity contribution in [1.29, 1.82) is 0 Å². The van der Waals surface area contributed by atoms with E-state index in [0.717, 1.165) is 33.7 Å². The van der Waals surface area contributed by atoms with Crippen molar-refractivity contribution in [3.63, 3.8) is 0 Å². The summed E-state index contributed by atoms with van der Waals surface area (Å²) in [5.74, 6) is 0. The highest BCUT2D eigenvalue weighted by Crippen LogP contribution is 2.32. The second kappa shape index (κ2) is 4.65. The topological polar surface area (TPSA) is 47.5 Å². The van der Waals surface area contributed by atoms with E-state index in [9.17, 15) is 0 Å². The number of pyridine rings is 1. The summed E-state index contributed by atoms with van der Waals surface area (Å²) in [6, 6.07) is 8.12. The van der Waals surface area contributed by atoms with E-state index in [1.54, 1.807) is 0 Å². The lowest BCUT2D eigenvalue weighted by molar-refractivity contribution is 0.572. The van der Waals surface area contributed by atoms with Crippen molar-refractivity contribution in [2.45, 2.75) is 33.1 Å². The van der Waals surface area contributed by atoms with Crippen LogP contribution in [0.1, 0.15) is 32.2 Å². The zero-order valence-electron chi connectivity index (χ0n) is 13.8. The molecule has 0 spiro atoms. The Labute approximate surface area is 134 Å². The first kappa shape index (κ1) is 13.9. The molecule has 0 aliphatic rings. The molecule has 0 bridgehead atoms. The molecule has 4 heterocycles.